The lowest BCUT2D eigenvalue weighted by molar-refractivity contribution is 0.242. The fraction of sp³-hybridized carbons (Fsp3) is 0.263. The van der Waals surface area contributed by atoms with E-state index in [4.69, 9.17) is 20.8 Å². The number of hydrogen-bond donors (Lipinski definition) is 0. The minimum Gasteiger partial charge on any atom is -0.495 e. The van der Waals surface area contributed by atoms with Crippen LogP contribution < -0.4 is 4.74 Å². The smallest absolute Gasteiger partial charge is 0.195 e. The molecular weight excluding hydrogens is 338 g/mol. The summed E-state index contributed by atoms with van der Waals surface area (Å²) >= 11 is 6.42. The van der Waals surface area contributed by atoms with E-state index in [-0.39, 0.29) is 0 Å². The number of hydrogen-bond acceptors (Lipinski definition) is 5. The number of rotatable bonds is 4. The second kappa shape index (κ2) is 6.86. The lowest BCUT2D eigenvalue weighted by atomic mass is 10.1. The normalized spacial score (nSPS) is 14.3. The summed E-state index contributed by atoms with van der Waals surface area (Å²) < 4.78 is 10.7. The molecule has 1 aromatic carbocycles. The van der Waals surface area contributed by atoms with Crippen molar-refractivity contribution in [2.24, 2.45) is 0 Å². The fourth-order valence-corrected chi connectivity index (χ4v) is 3.37. The molecule has 0 radical (unpaired) electrons. The lowest BCUT2D eigenvalue weighted by Gasteiger charge is -2.28. The van der Waals surface area contributed by atoms with E-state index >= 15 is 0 Å². The molecule has 1 aliphatic heterocycles. The maximum atomic E-state index is 6.42. The topological polar surface area (TPSA) is 51.4 Å². The number of ether oxygens (including phenoxy) is 1. The van der Waals surface area contributed by atoms with Crippen molar-refractivity contribution in [3.8, 4) is 17.3 Å². The average molecular weight is 356 g/mol. The Balaban J connectivity index is 1.52. The minimum atomic E-state index is 0.646. The van der Waals surface area contributed by atoms with Gasteiger partial charge in [0.25, 0.3) is 0 Å². The molecular formula is C19H18ClN3O2. The zero-order valence-electron chi connectivity index (χ0n) is 13.9. The Hall–Kier alpha value is -2.37. The van der Waals surface area contributed by atoms with Crippen molar-refractivity contribution in [3.05, 3.63) is 64.6 Å². The van der Waals surface area contributed by atoms with E-state index in [0.717, 1.165) is 42.9 Å². The first-order valence-electron chi connectivity index (χ1n) is 8.17. The summed E-state index contributed by atoms with van der Waals surface area (Å²) in [4.78, 5) is 11.5. The van der Waals surface area contributed by atoms with Crippen LogP contribution in [0.25, 0.3) is 11.6 Å². The van der Waals surface area contributed by atoms with Gasteiger partial charge >= 0.3 is 0 Å². The maximum absolute atomic E-state index is 6.42. The second-order valence-corrected chi connectivity index (χ2v) is 6.41. The molecule has 0 N–H and O–H groups in total. The van der Waals surface area contributed by atoms with Gasteiger partial charge in [-0.05, 0) is 23.8 Å². The van der Waals surface area contributed by atoms with Crippen molar-refractivity contribution in [2.45, 2.75) is 19.5 Å². The molecule has 0 spiro atoms. The number of furan rings is 1. The van der Waals surface area contributed by atoms with E-state index in [9.17, 15) is 0 Å². The first-order valence-corrected chi connectivity index (χ1v) is 8.55. The number of benzene rings is 1. The molecule has 0 aliphatic carbocycles. The van der Waals surface area contributed by atoms with Crippen LogP contribution in [0.4, 0.5) is 0 Å². The Labute approximate surface area is 151 Å². The van der Waals surface area contributed by atoms with Crippen molar-refractivity contribution in [1.82, 2.24) is 14.9 Å². The summed E-state index contributed by atoms with van der Waals surface area (Å²) in [6, 6.07) is 9.61. The molecule has 6 heteroatoms. The monoisotopic (exact) mass is 355 g/mol. The van der Waals surface area contributed by atoms with E-state index in [2.05, 4.69) is 14.9 Å². The molecule has 0 atom stereocenters. The second-order valence-electron chi connectivity index (χ2n) is 6.04. The predicted octanol–water partition coefficient (Wildman–Crippen LogP) is 3.96. The summed E-state index contributed by atoms with van der Waals surface area (Å²) in [5.41, 5.74) is 3.31. The van der Waals surface area contributed by atoms with Crippen molar-refractivity contribution < 1.29 is 9.15 Å². The van der Waals surface area contributed by atoms with Gasteiger partial charge in [-0.2, -0.15) is 0 Å². The molecule has 0 unspecified atom stereocenters. The van der Waals surface area contributed by atoms with Gasteiger partial charge in [0.05, 0.1) is 24.1 Å². The molecule has 0 fully saturated rings. The Kier molecular flexibility index (Phi) is 4.42. The molecule has 4 rings (SSSR count). The third-order valence-corrected chi connectivity index (χ3v) is 4.84. The number of nitrogens with zero attached hydrogens (tertiary/aromatic N) is 3. The van der Waals surface area contributed by atoms with Crippen molar-refractivity contribution >= 4 is 11.6 Å². The SMILES string of the molecule is COc1cccc(CN2CCc3nc(-c4ccco4)ncc3C2)c1Cl. The first-order chi connectivity index (χ1) is 12.2. The molecule has 3 heterocycles. The van der Waals surface area contributed by atoms with E-state index in [1.807, 2.05) is 36.5 Å². The van der Waals surface area contributed by atoms with Crippen molar-refractivity contribution in [2.75, 3.05) is 13.7 Å². The highest BCUT2D eigenvalue weighted by atomic mass is 35.5. The Morgan fingerprint density at radius 2 is 2.20 bits per heavy atom. The van der Waals surface area contributed by atoms with E-state index in [1.165, 1.54) is 0 Å². The predicted molar refractivity (Wildman–Crippen MR) is 95.6 cm³/mol. The number of methoxy groups -OCH3 is 1. The highest BCUT2D eigenvalue weighted by Crippen LogP contribution is 2.30. The zero-order chi connectivity index (χ0) is 17.2. The van der Waals surface area contributed by atoms with Gasteiger partial charge in [0, 0.05) is 37.8 Å². The number of aromatic nitrogens is 2. The van der Waals surface area contributed by atoms with Gasteiger partial charge in [-0.15, -0.1) is 0 Å². The van der Waals surface area contributed by atoms with Gasteiger partial charge in [-0.3, -0.25) is 4.90 Å². The number of halogens is 1. The summed E-state index contributed by atoms with van der Waals surface area (Å²) in [7, 11) is 1.63. The third kappa shape index (κ3) is 3.25. The molecule has 3 aromatic rings. The van der Waals surface area contributed by atoms with Crippen LogP contribution in [-0.4, -0.2) is 28.5 Å². The van der Waals surface area contributed by atoms with Crippen LogP contribution in [0.15, 0.2) is 47.2 Å². The van der Waals surface area contributed by atoms with Gasteiger partial charge in [-0.25, -0.2) is 9.97 Å². The summed E-state index contributed by atoms with van der Waals surface area (Å²) in [6.07, 6.45) is 4.42. The van der Waals surface area contributed by atoms with Crippen molar-refractivity contribution in [3.63, 3.8) is 0 Å². The Morgan fingerprint density at radius 3 is 3.00 bits per heavy atom. The third-order valence-electron chi connectivity index (χ3n) is 4.41. The Bertz CT molecular complexity index is 880. The Morgan fingerprint density at radius 1 is 1.28 bits per heavy atom. The van der Waals surface area contributed by atoms with Gasteiger partial charge in [0.15, 0.2) is 11.6 Å². The maximum Gasteiger partial charge on any atom is 0.195 e. The van der Waals surface area contributed by atoms with Crippen molar-refractivity contribution in [1.29, 1.82) is 0 Å². The summed E-state index contributed by atoms with van der Waals surface area (Å²) in [5.74, 6) is 2.06. The van der Waals surface area contributed by atoms with Crippen LogP contribution in [0.5, 0.6) is 5.75 Å². The average Bonchev–Trinajstić information content (AvgIpc) is 3.18. The fourth-order valence-electron chi connectivity index (χ4n) is 3.11. The molecule has 128 valence electrons. The van der Waals surface area contributed by atoms with Crippen LogP contribution in [0.2, 0.25) is 5.02 Å². The molecule has 0 amide bonds. The molecule has 25 heavy (non-hydrogen) atoms. The van der Waals surface area contributed by atoms with Gasteiger partial charge in [0.2, 0.25) is 0 Å². The molecule has 5 nitrogen and oxygen atoms in total. The summed E-state index contributed by atoms with van der Waals surface area (Å²) in [5, 5.41) is 0.681. The quantitative estimate of drug-likeness (QED) is 0.709. The highest BCUT2D eigenvalue weighted by Gasteiger charge is 2.20. The highest BCUT2D eigenvalue weighted by molar-refractivity contribution is 6.32. The molecule has 0 saturated heterocycles. The largest absolute Gasteiger partial charge is 0.495 e. The minimum absolute atomic E-state index is 0.646. The lowest BCUT2D eigenvalue weighted by Crippen LogP contribution is -2.31. The number of fused-ring (bicyclic) bond motifs is 1. The van der Waals surface area contributed by atoms with E-state index < -0.39 is 0 Å². The standard InChI is InChI=1S/C19H18ClN3O2/c1-24-16-5-2-4-13(18(16)20)11-23-8-7-15-14(12-23)10-21-19(22-15)17-6-3-9-25-17/h2-6,9-10H,7-8,11-12H2,1H3. The van der Waals surface area contributed by atoms with Gasteiger partial charge in [0.1, 0.15) is 5.75 Å². The molecule has 1 aliphatic rings. The molecule has 0 bridgehead atoms. The molecule has 2 aromatic heterocycles. The van der Waals surface area contributed by atoms with E-state index in [1.54, 1.807) is 13.4 Å². The van der Waals surface area contributed by atoms with E-state index in [0.29, 0.717) is 22.4 Å². The first kappa shape index (κ1) is 16.1. The van der Waals surface area contributed by atoms with Crippen LogP contribution in [0.3, 0.4) is 0 Å². The van der Waals surface area contributed by atoms with Crippen LogP contribution >= 0.6 is 11.6 Å². The van der Waals surface area contributed by atoms with Gasteiger partial charge in [-0.1, -0.05) is 23.7 Å². The summed E-state index contributed by atoms with van der Waals surface area (Å²) in [6.45, 7) is 2.51. The van der Waals surface area contributed by atoms with Crippen LogP contribution in [0.1, 0.15) is 16.8 Å². The van der Waals surface area contributed by atoms with Gasteiger partial charge < -0.3 is 9.15 Å². The zero-order valence-corrected chi connectivity index (χ0v) is 14.7. The molecule has 0 saturated carbocycles. The van der Waals surface area contributed by atoms with Crippen LogP contribution in [-0.2, 0) is 19.5 Å². The van der Waals surface area contributed by atoms with Crippen LogP contribution in [0, 0.1) is 0 Å².